The number of nitrogens with zero attached hydrogens (tertiary/aromatic N) is 1. The van der Waals surface area contributed by atoms with Gasteiger partial charge in [0.15, 0.2) is 0 Å². The molecule has 1 heterocycles. The average molecular weight is 250 g/mol. The number of carbonyl (C=O) groups is 3. The van der Waals surface area contributed by atoms with E-state index in [-0.39, 0.29) is 42.5 Å². The van der Waals surface area contributed by atoms with Crippen molar-refractivity contribution < 1.29 is 14.4 Å². The summed E-state index contributed by atoms with van der Waals surface area (Å²) in [7, 11) is 0. The number of likely N-dealkylation sites (tertiary alicyclic amines) is 1. The molecule has 2 atom stereocenters. The number of imide groups is 1. The van der Waals surface area contributed by atoms with E-state index >= 15 is 0 Å². The lowest BCUT2D eigenvalue weighted by Crippen LogP contribution is -2.35. The number of allylic oxidation sites excluding steroid dienone is 2. The van der Waals surface area contributed by atoms with E-state index in [2.05, 4.69) is 5.32 Å². The molecule has 0 unspecified atom stereocenters. The summed E-state index contributed by atoms with van der Waals surface area (Å²) in [6, 6.07) is 0. The molecule has 0 spiro atoms. The van der Waals surface area contributed by atoms with Gasteiger partial charge in [0.05, 0.1) is 11.8 Å². The van der Waals surface area contributed by atoms with Crippen LogP contribution in [0.4, 0.5) is 0 Å². The fourth-order valence-electron chi connectivity index (χ4n) is 2.59. The van der Waals surface area contributed by atoms with Crippen LogP contribution in [0, 0.1) is 11.8 Å². The van der Waals surface area contributed by atoms with E-state index in [0.29, 0.717) is 19.4 Å². The Morgan fingerprint density at radius 2 is 1.83 bits per heavy atom. The first-order valence-corrected chi connectivity index (χ1v) is 6.42. The summed E-state index contributed by atoms with van der Waals surface area (Å²) < 4.78 is 0. The number of carbonyl (C=O) groups excluding carboxylic acids is 3. The zero-order valence-electron chi connectivity index (χ0n) is 10.5. The fraction of sp³-hybridized carbons (Fsp3) is 0.615. The second-order valence-electron chi connectivity index (χ2n) is 4.69. The van der Waals surface area contributed by atoms with Crippen molar-refractivity contribution in [2.24, 2.45) is 11.8 Å². The Morgan fingerprint density at radius 1 is 1.28 bits per heavy atom. The molecule has 2 rings (SSSR count). The maximum atomic E-state index is 12.1. The Bertz CT molecular complexity index is 377. The predicted octanol–water partition coefficient (Wildman–Crippen LogP) is 0.464. The number of rotatable bonds is 4. The molecule has 5 heteroatoms. The zero-order valence-corrected chi connectivity index (χ0v) is 10.5. The molecule has 5 nitrogen and oxygen atoms in total. The van der Waals surface area contributed by atoms with Gasteiger partial charge in [0.25, 0.3) is 0 Å². The van der Waals surface area contributed by atoms with Crippen LogP contribution in [0.5, 0.6) is 0 Å². The summed E-state index contributed by atoms with van der Waals surface area (Å²) in [5.41, 5.74) is 0. The van der Waals surface area contributed by atoms with E-state index in [9.17, 15) is 14.4 Å². The molecule has 0 aromatic rings. The highest BCUT2D eigenvalue weighted by molar-refractivity contribution is 6.05. The first kappa shape index (κ1) is 12.8. The van der Waals surface area contributed by atoms with Crippen LogP contribution < -0.4 is 5.32 Å². The summed E-state index contributed by atoms with van der Waals surface area (Å²) in [6.45, 7) is 2.61. The highest BCUT2D eigenvalue weighted by Crippen LogP contribution is 2.34. The largest absolute Gasteiger partial charge is 0.356 e. The number of fused-ring (bicyclic) bond motifs is 1. The molecular formula is C13H18N2O3. The summed E-state index contributed by atoms with van der Waals surface area (Å²) in [5.74, 6) is -0.739. The van der Waals surface area contributed by atoms with Crippen molar-refractivity contribution in [1.29, 1.82) is 0 Å². The summed E-state index contributed by atoms with van der Waals surface area (Å²) in [5, 5.41) is 2.66. The Morgan fingerprint density at radius 3 is 2.33 bits per heavy atom. The van der Waals surface area contributed by atoms with Gasteiger partial charge in [-0.15, -0.1) is 0 Å². The van der Waals surface area contributed by atoms with Gasteiger partial charge in [-0.2, -0.15) is 0 Å². The molecule has 0 aromatic heterocycles. The van der Waals surface area contributed by atoms with Gasteiger partial charge in [-0.1, -0.05) is 12.2 Å². The monoisotopic (exact) mass is 250 g/mol. The number of nitrogens with one attached hydrogen (secondary N) is 1. The van der Waals surface area contributed by atoms with E-state index in [1.54, 1.807) is 0 Å². The lowest BCUT2D eigenvalue weighted by Gasteiger charge is -2.14. The fourth-order valence-corrected chi connectivity index (χ4v) is 2.59. The van der Waals surface area contributed by atoms with Gasteiger partial charge in [0, 0.05) is 19.5 Å². The molecule has 1 saturated heterocycles. The standard InChI is InChI=1S/C13H18N2O3/c1-2-14-11(16)7-8-15-12(17)9-5-3-4-6-10(9)13(15)18/h3-4,9-10H,2,5-8H2,1H3,(H,14,16)/t9-,10-/m1/s1. The third-order valence-corrected chi connectivity index (χ3v) is 3.54. The number of amides is 3. The number of hydrogen-bond donors (Lipinski definition) is 1. The highest BCUT2D eigenvalue weighted by atomic mass is 16.2. The van der Waals surface area contributed by atoms with E-state index in [1.165, 1.54) is 4.90 Å². The van der Waals surface area contributed by atoms with E-state index < -0.39 is 0 Å². The van der Waals surface area contributed by atoms with Gasteiger partial charge in [0.1, 0.15) is 0 Å². The maximum Gasteiger partial charge on any atom is 0.233 e. The van der Waals surface area contributed by atoms with Crippen LogP contribution in [0.3, 0.4) is 0 Å². The molecule has 18 heavy (non-hydrogen) atoms. The third kappa shape index (κ3) is 2.30. The molecular weight excluding hydrogens is 232 g/mol. The van der Waals surface area contributed by atoms with Crippen LogP contribution in [0.1, 0.15) is 26.2 Å². The summed E-state index contributed by atoms with van der Waals surface area (Å²) in [6.07, 6.45) is 5.40. The van der Waals surface area contributed by atoms with Crippen molar-refractivity contribution in [2.45, 2.75) is 26.2 Å². The van der Waals surface area contributed by atoms with Gasteiger partial charge in [0.2, 0.25) is 17.7 Å². The van der Waals surface area contributed by atoms with Crippen molar-refractivity contribution in [2.75, 3.05) is 13.1 Å². The highest BCUT2D eigenvalue weighted by Gasteiger charge is 2.46. The van der Waals surface area contributed by atoms with Crippen molar-refractivity contribution in [3.63, 3.8) is 0 Å². The Labute approximate surface area is 106 Å². The van der Waals surface area contributed by atoms with Crippen molar-refractivity contribution in [3.8, 4) is 0 Å². The quantitative estimate of drug-likeness (QED) is 0.582. The van der Waals surface area contributed by atoms with Gasteiger partial charge < -0.3 is 5.32 Å². The molecule has 1 N–H and O–H groups in total. The zero-order chi connectivity index (χ0) is 13.1. The van der Waals surface area contributed by atoms with E-state index in [1.807, 2.05) is 19.1 Å². The molecule has 98 valence electrons. The molecule has 1 aliphatic carbocycles. The van der Waals surface area contributed by atoms with Crippen LogP contribution in [0.25, 0.3) is 0 Å². The van der Waals surface area contributed by atoms with E-state index in [0.717, 1.165) is 0 Å². The number of hydrogen-bond acceptors (Lipinski definition) is 3. The summed E-state index contributed by atoms with van der Waals surface area (Å²) >= 11 is 0. The average Bonchev–Trinajstić information content (AvgIpc) is 2.61. The van der Waals surface area contributed by atoms with Gasteiger partial charge in [-0.05, 0) is 19.8 Å². The van der Waals surface area contributed by atoms with Gasteiger partial charge in [-0.25, -0.2) is 0 Å². The van der Waals surface area contributed by atoms with E-state index in [4.69, 9.17) is 0 Å². The molecule has 3 amide bonds. The van der Waals surface area contributed by atoms with Gasteiger partial charge in [-0.3, -0.25) is 19.3 Å². The minimum absolute atomic E-state index is 0.112. The Hall–Kier alpha value is -1.65. The van der Waals surface area contributed by atoms with Crippen LogP contribution in [0.2, 0.25) is 0 Å². The maximum absolute atomic E-state index is 12.1. The van der Waals surface area contributed by atoms with Crippen LogP contribution >= 0.6 is 0 Å². The molecule has 0 bridgehead atoms. The molecule has 0 saturated carbocycles. The minimum Gasteiger partial charge on any atom is -0.356 e. The topological polar surface area (TPSA) is 66.5 Å². The molecule has 1 aliphatic heterocycles. The SMILES string of the molecule is CCNC(=O)CCN1C(=O)[C@@H]2CC=CC[C@H]2C1=O. The molecule has 2 aliphatic rings. The lowest BCUT2D eigenvalue weighted by atomic mass is 9.85. The Balaban J connectivity index is 1.96. The molecule has 0 radical (unpaired) electrons. The van der Waals surface area contributed by atoms with Crippen LogP contribution in [-0.2, 0) is 14.4 Å². The first-order valence-electron chi connectivity index (χ1n) is 6.42. The summed E-state index contributed by atoms with van der Waals surface area (Å²) in [4.78, 5) is 36.7. The van der Waals surface area contributed by atoms with Crippen LogP contribution in [0.15, 0.2) is 12.2 Å². The van der Waals surface area contributed by atoms with Crippen LogP contribution in [-0.4, -0.2) is 35.7 Å². The molecule has 0 aromatic carbocycles. The minimum atomic E-state index is -0.197. The lowest BCUT2D eigenvalue weighted by molar-refractivity contribution is -0.140. The van der Waals surface area contributed by atoms with Crippen molar-refractivity contribution in [1.82, 2.24) is 10.2 Å². The van der Waals surface area contributed by atoms with Crippen molar-refractivity contribution in [3.05, 3.63) is 12.2 Å². The predicted molar refractivity (Wildman–Crippen MR) is 65.4 cm³/mol. The van der Waals surface area contributed by atoms with Gasteiger partial charge >= 0.3 is 0 Å². The Kier molecular flexibility index (Phi) is 3.79. The molecule has 1 fully saturated rings. The third-order valence-electron chi connectivity index (χ3n) is 3.54. The first-order chi connectivity index (χ1) is 8.65. The van der Waals surface area contributed by atoms with Crippen molar-refractivity contribution >= 4 is 17.7 Å². The second-order valence-corrected chi connectivity index (χ2v) is 4.69. The second kappa shape index (κ2) is 5.33. The normalized spacial score (nSPS) is 26.4. The smallest absolute Gasteiger partial charge is 0.233 e.